The van der Waals surface area contributed by atoms with Gasteiger partial charge in [-0.05, 0) is 86.2 Å². The molecule has 0 atom stereocenters. The molecule has 168 valence electrons. The lowest BCUT2D eigenvalue weighted by Crippen LogP contribution is -1.98. The molecule has 2 N–H and O–H groups in total. The fourth-order valence-electron chi connectivity index (χ4n) is 3.63. The van der Waals surface area contributed by atoms with Gasteiger partial charge in [0.1, 0.15) is 28.2 Å². The van der Waals surface area contributed by atoms with E-state index in [2.05, 4.69) is 6.07 Å². The molecule has 0 fully saturated rings. The second kappa shape index (κ2) is 11.8. The molecule has 0 saturated heterocycles. The van der Waals surface area contributed by atoms with Gasteiger partial charge < -0.3 is 19.4 Å². The Morgan fingerprint density at radius 3 is 2.12 bits per heavy atom. The van der Waals surface area contributed by atoms with Gasteiger partial charge >= 0.3 is 5.97 Å². The molecule has 2 heterocycles. The minimum Gasteiger partial charge on any atom is -0.507 e. The zero-order valence-electron chi connectivity index (χ0n) is 18.4. The molecular weight excluding hydrogens is 404 g/mol. The van der Waals surface area contributed by atoms with Crippen LogP contribution in [-0.4, -0.2) is 22.8 Å². The number of aryl methyl sites for hydroxylation is 2. The van der Waals surface area contributed by atoms with Gasteiger partial charge in [0.15, 0.2) is 0 Å². The Morgan fingerprint density at radius 2 is 1.53 bits per heavy atom. The molecule has 5 nitrogen and oxygen atoms in total. The van der Waals surface area contributed by atoms with Crippen molar-refractivity contribution < 1.29 is 24.2 Å². The third-order valence-corrected chi connectivity index (χ3v) is 5.28. The number of aromatic carboxylic acids is 1. The number of rotatable bonds is 10. The number of unbranched alkanes of at least 4 members (excludes halogenated alkanes) is 3. The van der Waals surface area contributed by atoms with Crippen LogP contribution in [0.15, 0.2) is 71.1 Å². The van der Waals surface area contributed by atoms with Crippen LogP contribution in [-0.2, 0) is 12.8 Å². The van der Waals surface area contributed by atoms with Crippen LogP contribution in [0.3, 0.4) is 0 Å². The largest absolute Gasteiger partial charge is 0.507 e. The number of para-hydroxylation sites is 1. The van der Waals surface area contributed by atoms with E-state index in [-0.39, 0.29) is 11.3 Å². The first kappa shape index (κ1) is 23.2. The Morgan fingerprint density at radius 1 is 0.875 bits per heavy atom. The van der Waals surface area contributed by atoms with Gasteiger partial charge in [0, 0.05) is 0 Å². The van der Waals surface area contributed by atoms with Gasteiger partial charge in [-0.1, -0.05) is 37.1 Å². The van der Waals surface area contributed by atoms with Crippen LogP contribution < -0.4 is 4.74 Å². The lowest BCUT2D eigenvalue weighted by Gasteiger charge is -2.09. The van der Waals surface area contributed by atoms with Crippen LogP contribution >= 0.6 is 0 Å². The predicted molar refractivity (Wildman–Crippen MR) is 126 cm³/mol. The summed E-state index contributed by atoms with van der Waals surface area (Å²) < 4.78 is 10.7. The summed E-state index contributed by atoms with van der Waals surface area (Å²) in [6.45, 7) is 2.68. The maximum absolute atomic E-state index is 11.0. The number of hydrogen-bond donors (Lipinski definition) is 2. The number of furan rings is 2. The quantitative estimate of drug-likeness (QED) is 0.271. The Hall–Kier alpha value is -3.47. The monoisotopic (exact) mass is 434 g/mol. The fraction of sp³-hybridized carbons (Fsp3) is 0.296. The number of carboxylic acid groups (broad SMARTS) is 1. The summed E-state index contributed by atoms with van der Waals surface area (Å²) in [6.07, 6.45) is 6.19. The molecule has 4 aromatic rings. The number of hydrogen-bond acceptors (Lipinski definition) is 4. The first-order chi connectivity index (χ1) is 15.6. The molecule has 0 unspecified atom stereocenters. The summed E-state index contributed by atoms with van der Waals surface area (Å²) in [5.41, 5.74) is 4.13. The van der Waals surface area contributed by atoms with E-state index in [0.717, 1.165) is 61.0 Å². The summed E-state index contributed by atoms with van der Waals surface area (Å²) in [7, 11) is 0. The highest BCUT2D eigenvalue weighted by Gasteiger charge is 2.10. The van der Waals surface area contributed by atoms with Crippen molar-refractivity contribution in [3.8, 4) is 11.5 Å². The molecule has 0 radical (unpaired) electrons. The Labute approximate surface area is 188 Å². The lowest BCUT2D eigenvalue weighted by atomic mass is 10.0. The van der Waals surface area contributed by atoms with Crippen molar-refractivity contribution in [2.75, 3.05) is 6.61 Å². The molecule has 2 bridgehead atoms. The topological polar surface area (TPSA) is 79.9 Å². The van der Waals surface area contributed by atoms with Crippen LogP contribution in [0.2, 0.25) is 0 Å². The predicted octanol–water partition coefficient (Wildman–Crippen LogP) is 6.71. The molecule has 0 amide bonds. The van der Waals surface area contributed by atoms with Gasteiger partial charge in [0.25, 0.3) is 0 Å². The summed E-state index contributed by atoms with van der Waals surface area (Å²) >= 11 is 0. The lowest BCUT2D eigenvalue weighted by molar-refractivity contribution is 0.0693. The molecule has 4 rings (SSSR count). The molecule has 0 spiro atoms. The van der Waals surface area contributed by atoms with Gasteiger partial charge in [0.05, 0.1) is 6.61 Å². The van der Waals surface area contributed by atoms with E-state index in [1.54, 1.807) is 12.1 Å². The van der Waals surface area contributed by atoms with E-state index in [0.29, 0.717) is 6.61 Å². The van der Waals surface area contributed by atoms with Gasteiger partial charge in [-0.25, -0.2) is 4.79 Å². The number of fused-ring (bicyclic) bond motifs is 2. The van der Waals surface area contributed by atoms with Crippen molar-refractivity contribution >= 4 is 17.1 Å². The van der Waals surface area contributed by atoms with E-state index in [4.69, 9.17) is 14.3 Å². The number of aromatic hydroxyl groups is 1. The smallest absolute Gasteiger partial charge is 0.339 e. The summed E-state index contributed by atoms with van der Waals surface area (Å²) in [4.78, 5) is 11.0. The molecule has 0 aliphatic heterocycles. The number of carbonyl (C=O) groups is 1. The number of benzene rings is 3. The van der Waals surface area contributed by atoms with E-state index in [9.17, 15) is 9.90 Å². The fourth-order valence-corrected chi connectivity index (χ4v) is 3.63. The molecule has 5 heteroatoms. The normalized spacial score (nSPS) is 10.7. The summed E-state index contributed by atoms with van der Waals surface area (Å²) in [5.74, 6) is -0.285. The SMILES string of the molecule is CCOc1ccccc1CCCCCCc1ccc(O)c(C(=O)O)c1.c1cc2ccc1o2. The molecule has 32 heavy (non-hydrogen) atoms. The van der Waals surface area contributed by atoms with Crippen molar-refractivity contribution in [3.05, 3.63) is 83.4 Å². The first-order valence-corrected chi connectivity index (χ1v) is 11.1. The van der Waals surface area contributed by atoms with Gasteiger partial charge in [-0.3, -0.25) is 0 Å². The third kappa shape index (κ3) is 6.77. The standard InChI is InChI=1S/C21H26O4.C6H4O/c1-2-25-20-12-8-7-11-17(20)10-6-4-3-5-9-16-13-14-19(22)18(15-16)21(23)24;1-2-6-4-3-5(1)7-6/h7-8,11-15,22H,2-6,9-10H2,1H3,(H,23,24);1-4H. The summed E-state index contributed by atoms with van der Waals surface area (Å²) in [5, 5.41) is 18.6. The second-order valence-electron chi connectivity index (χ2n) is 7.69. The molecule has 0 saturated carbocycles. The highest BCUT2D eigenvalue weighted by atomic mass is 16.5. The second-order valence-corrected chi connectivity index (χ2v) is 7.69. The minimum absolute atomic E-state index is 0.0231. The van der Waals surface area contributed by atoms with Crippen LogP contribution in [0.5, 0.6) is 11.5 Å². The van der Waals surface area contributed by atoms with Crippen molar-refractivity contribution in [3.63, 3.8) is 0 Å². The summed E-state index contributed by atoms with van der Waals surface area (Å²) in [6, 6.07) is 20.8. The van der Waals surface area contributed by atoms with Crippen molar-refractivity contribution in [1.29, 1.82) is 0 Å². The molecule has 2 aromatic heterocycles. The third-order valence-electron chi connectivity index (χ3n) is 5.28. The Bertz CT molecular complexity index is 1050. The van der Waals surface area contributed by atoms with Gasteiger partial charge in [-0.15, -0.1) is 0 Å². The minimum atomic E-state index is -1.09. The van der Waals surface area contributed by atoms with Gasteiger partial charge in [0.2, 0.25) is 0 Å². The molecule has 0 aliphatic carbocycles. The average Bonchev–Trinajstić information content (AvgIpc) is 3.45. The zero-order chi connectivity index (χ0) is 22.8. The Balaban J connectivity index is 0.000000343. The van der Waals surface area contributed by atoms with Crippen LogP contribution in [0, 0.1) is 0 Å². The van der Waals surface area contributed by atoms with Crippen LogP contribution in [0.25, 0.3) is 11.2 Å². The zero-order valence-corrected chi connectivity index (χ0v) is 18.4. The molecule has 2 aromatic carbocycles. The van der Waals surface area contributed by atoms with E-state index in [1.165, 1.54) is 11.6 Å². The van der Waals surface area contributed by atoms with Crippen LogP contribution in [0.1, 0.15) is 54.1 Å². The van der Waals surface area contributed by atoms with Crippen molar-refractivity contribution in [2.24, 2.45) is 0 Å². The van der Waals surface area contributed by atoms with E-state index >= 15 is 0 Å². The maximum Gasteiger partial charge on any atom is 0.339 e. The Kier molecular flexibility index (Phi) is 8.55. The van der Waals surface area contributed by atoms with E-state index < -0.39 is 5.97 Å². The maximum atomic E-state index is 11.0. The molecular formula is C27H30O5. The average molecular weight is 435 g/mol. The number of carboxylic acids is 1. The van der Waals surface area contributed by atoms with Crippen molar-refractivity contribution in [2.45, 2.75) is 45.4 Å². The number of phenols is 1. The highest BCUT2D eigenvalue weighted by Crippen LogP contribution is 2.22. The molecule has 0 aliphatic rings. The van der Waals surface area contributed by atoms with Gasteiger partial charge in [-0.2, -0.15) is 0 Å². The number of ether oxygens (including phenoxy) is 1. The highest BCUT2D eigenvalue weighted by molar-refractivity contribution is 5.90. The van der Waals surface area contributed by atoms with E-state index in [1.807, 2.05) is 49.4 Å². The van der Waals surface area contributed by atoms with Crippen LogP contribution in [0.4, 0.5) is 0 Å². The van der Waals surface area contributed by atoms with Crippen molar-refractivity contribution in [1.82, 2.24) is 0 Å². The first-order valence-electron chi connectivity index (χ1n) is 11.1.